The topological polar surface area (TPSA) is 92.8 Å². The molecule has 2 N–H and O–H groups in total. The Morgan fingerprint density at radius 2 is 2.09 bits per heavy atom. The summed E-state index contributed by atoms with van der Waals surface area (Å²) in [5.74, 6) is 0.391. The fourth-order valence-electron chi connectivity index (χ4n) is 1.53. The van der Waals surface area contributed by atoms with Gasteiger partial charge in [0.05, 0.1) is 26.4 Å². The van der Waals surface area contributed by atoms with Gasteiger partial charge in [-0.1, -0.05) is 18.7 Å². The SMILES string of the molecule is CCCNC(=O)CN(C)C(=O)CSc1nnc(C[NH+](C)C)o1. The Kier molecular flexibility index (Phi) is 7.89. The molecule has 0 aliphatic heterocycles. The van der Waals surface area contributed by atoms with Crippen molar-refractivity contribution in [2.24, 2.45) is 0 Å². The minimum Gasteiger partial charge on any atom is -0.410 e. The van der Waals surface area contributed by atoms with Crippen molar-refractivity contribution in [3.63, 3.8) is 0 Å². The zero-order chi connectivity index (χ0) is 16.5. The van der Waals surface area contributed by atoms with E-state index in [1.165, 1.54) is 21.6 Å². The molecule has 0 saturated heterocycles. The first kappa shape index (κ1) is 18.4. The van der Waals surface area contributed by atoms with E-state index in [4.69, 9.17) is 4.42 Å². The molecule has 22 heavy (non-hydrogen) atoms. The first-order chi connectivity index (χ1) is 10.4. The molecule has 0 spiro atoms. The van der Waals surface area contributed by atoms with Crippen LogP contribution in [0.1, 0.15) is 19.2 Å². The molecule has 1 aromatic heterocycles. The number of nitrogens with zero attached hydrogens (tertiary/aromatic N) is 3. The Balaban J connectivity index is 2.35. The van der Waals surface area contributed by atoms with Crippen molar-refractivity contribution >= 4 is 23.6 Å². The summed E-state index contributed by atoms with van der Waals surface area (Å²) in [6.07, 6.45) is 0.868. The van der Waals surface area contributed by atoms with Gasteiger partial charge in [0.2, 0.25) is 11.8 Å². The van der Waals surface area contributed by atoms with E-state index >= 15 is 0 Å². The zero-order valence-corrected chi connectivity index (χ0v) is 14.3. The number of carbonyl (C=O) groups is 2. The van der Waals surface area contributed by atoms with Gasteiger partial charge in [-0.05, 0) is 6.42 Å². The lowest BCUT2D eigenvalue weighted by Crippen LogP contribution is -3.04. The largest absolute Gasteiger partial charge is 0.410 e. The molecule has 0 aliphatic carbocycles. The zero-order valence-electron chi connectivity index (χ0n) is 13.5. The van der Waals surface area contributed by atoms with Gasteiger partial charge in [-0.2, -0.15) is 0 Å². The van der Waals surface area contributed by atoms with Crippen molar-refractivity contribution in [3.8, 4) is 0 Å². The Labute approximate surface area is 134 Å². The van der Waals surface area contributed by atoms with Crippen LogP contribution < -0.4 is 10.2 Å². The number of hydrogen-bond acceptors (Lipinski definition) is 6. The molecule has 9 heteroatoms. The molecule has 0 bridgehead atoms. The molecule has 0 atom stereocenters. The van der Waals surface area contributed by atoms with Gasteiger partial charge < -0.3 is 19.5 Å². The maximum atomic E-state index is 11.9. The van der Waals surface area contributed by atoms with E-state index in [9.17, 15) is 9.59 Å². The lowest BCUT2D eigenvalue weighted by molar-refractivity contribution is -0.874. The number of rotatable bonds is 9. The van der Waals surface area contributed by atoms with Crippen LogP contribution in [0.4, 0.5) is 0 Å². The van der Waals surface area contributed by atoms with Crippen LogP contribution in [0.3, 0.4) is 0 Å². The summed E-state index contributed by atoms with van der Waals surface area (Å²) in [6, 6.07) is 0. The predicted molar refractivity (Wildman–Crippen MR) is 82.5 cm³/mol. The highest BCUT2D eigenvalue weighted by atomic mass is 32.2. The van der Waals surface area contributed by atoms with E-state index in [1.54, 1.807) is 7.05 Å². The summed E-state index contributed by atoms with van der Waals surface area (Å²) in [6.45, 7) is 3.29. The predicted octanol–water partition coefficient (Wildman–Crippen LogP) is -1.21. The van der Waals surface area contributed by atoms with Crippen molar-refractivity contribution in [1.29, 1.82) is 0 Å². The minimum atomic E-state index is -0.158. The summed E-state index contributed by atoms with van der Waals surface area (Å²) < 4.78 is 5.43. The quantitative estimate of drug-likeness (QED) is 0.552. The first-order valence-corrected chi connectivity index (χ1v) is 8.15. The maximum absolute atomic E-state index is 11.9. The number of nitrogens with one attached hydrogen (secondary N) is 2. The third-order valence-electron chi connectivity index (χ3n) is 2.65. The van der Waals surface area contributed by atoms with Crippen LogP contribution in [-0.4, -0.2) is 66.9 Å². The minimum absolute atomic E-state index is 0.0540. The molecule has 2 amide bonds. The Bertz CT molecular complexity index is 492. The average Bonchev–Trinajstić information content (AvgIpc) is 2.89. The van der Waals surface area contributed by atoms with Crippen LogP contribution in [0.25, 0.3) is 0 Å². The van der Waals surface area contributed by atoms with E-state index in [2.05, 4.69) is 15.5 Å². The number of aromatic nitrogens is 2. The van der Waals surface area contributed by atoms with E-state index in [0.29, 0.717) is 24.2 Å². The number of quaternary nitrogens is 1. The molecule has 0 radical (unpaired) electrons. The fraction of sp³-hybridized carbons (Fsp3) is 0.692. The van der Waals surface area contributed by atoms with Gasteiger partial charge >= 0.3 is 0 Å². The van der Waals surface area contributed by atoms with Crippen LogP contribution in [0.5, 0.6) is 0 Å². The highest BCUT2D eigenvalue weighted by Gasteiger charge is 2.15. The van der Waals surface area contributed by atoms with Crippen LogP contribution in [0, 0.1) is 0 Å². The smallest absolute Gasteiger partial charge is 0.277 e. The second kappa shape index (κ2) is 9.42. The average molecular weight is 330 g/mol. The van der Waals surface area contributed by atoms with Crippen LogP contribution in [0.15, 0.2) is 9.64 Å². The number of likely N-dealkylation sites (N-methyl/N-ethyl adjacent to an activating group) is 1. The normalized spacial score (nSPS) is 10.8. The van der Waals surface area contributed by atoms with Gasteiger partial charge in [0.25, 0.3) is 11.1 Å². The molecular weight excluding hydrogens is 306 g/mol. The highest BCUT2D eigenvalue weighted by Crippen LogP contribution is 2.16. The van der Waals surface area contributed by atoms with Gasteiger partial charge in [0.1, 0.15) is 0 Å². The standard InChI is InChI=1S/C13H23N5O3S/c1-5-6-14-10(19)7-18(4)12(20)9-22-13-16-15-11(21-13)8-17(2)3/h5-9H2,1-4H3,(H,14,19)/p+1. The summed E-state index contributed by atoms with van der Waals surface area (Å²) in [5.41, 5.74) is 0. The Morgan fingerprint density at radius 3 is 2.73 bits per heavy atom. The van der Waals surface area contributed by atoms with Crippen molar-refractivity contribution in [2.75, 3.05) is 40.0 Å². The molecule has 1 aromatic rings. The molecular formula is C13H24N5O3S+. The number of amides is 2. The van der Waals surface area contributed by atoms with Crippen molar-refractivity contribution in [1.82, 2.24) is 20.4 Å². The molecule has 124 valence electrons. The number of hydrogen-bond donors (Lipinski definition) is 2. The molecule has 0 aromatic carbocycles. The molecule has 8 nitrogen and oxygen atoms in total. The summed E-state index contributed by atoms with van der Waals surface area (Å²) in [7, 11) is 5.57. The monoisotopic (exact) mass is 330 g/mol. The molecule has 0 fully saturated rings. The van der Waals surface area contributed by atoms with Crippen molar-refractivity contribution in [2.45, 2.75) is 25.1 Å². The molecule has 0 saturated carbocycles. The maximum Gasteiger partial charge on any atom is 0.277 e. The molecule has 1 heterocycles. The van der Waals surface area contributed by atoms with E-state index in [-0.39, 0.29) is 24.1 Å². The second-order valence-corrected chi connectivity index (χ2v) is 6.16. The summed E-state index contributed by atoms with van der Waals surface area (Å²) in [4.78, 5) is 26.0. The van der Waals surface area contributed by atoms with Gasteiger partial charge in [0, 0.05) is 13.6 Å². The Hall–Kier alpha value is -1.61. The first-order valence-electron chi connectivity index (χ1n) is 7.17. The van der Waals surface area contributed by atoms with Gasteiger partial charge in [-0.25, -0.2) is 0 Å². The van der Waals surface area contributed by atoms with Gasteiger partial charge in [-0.15, -0.1) is 10.2 Å². The van der Waals surface area contributed by atoms with E-state index < -0.39 is 0 Å². The second-order valence-electron chi connectivity index (χ2n) is 5.23. The highest BCUT2D eigenvalue weighted by molar-refractivity contribution is 7.99. The van der Waals surface area contributed by atoms with Crippen LogP contribution >= 0.6 is 11.8 Å². The summed E-state index contributed by atoms with van der Waals surface area (Å²) in [5, 5.41) is 10.9. The molecule has 0 aliphatic rings. The lowest BCUT2D eigenvalue weighted by atomic mass is 10.4. The molecule has 1 rings (SSSR count). The van der Waals surface area contributed by atoms with E-state index in [1.807, 2.05) is 21.0 Å². The molecule has 0 unspecified atom stereocenters. The third-order valence-corrected chi connectivity index (χ3v) is 3.45. The fourth-order valence-corrected chi connectivity index (χ4v) is 2.25. The van der Waals surface area contributed by atoms with Gasteiger partial charge in [-0.3, -0.25) is 9.59 Å². The Morgan fingerprint density at radius 1 is 1.36 bits per heavy atom. The summed E-state index contributed by atoms with van der Waals surface area (Å²) >= 11 is 1.18. The van der Waals surface area contributed by atoms with Crippen molar-refractivity contribution < 1.29 is 18.9 Å². The third kappa shape index (κ3) is 6.90. The van der Waals surface area contributed by atoms with Crippen LogP contribution in [-0.2, 0) is 16.1 Å². The van der Waals surface area contributed by atoms with Gasteiger partial charge in [0.15, 0.2) is 6.54 Å². The lowest BCUT2D eigenvalue weighted by Gasteiger charge is -2.15. The van der Waals surface area contributed by atoms with E-state index in [0.717, 1.165) is 6.42 Å². The van der Waals surface area contributed by atoms with Crippen LogP contribution in [0.2, 0.25) is 0 Å². The number of carbonyl (C=O) groups excluding carboxylic acids is 2. The number of thioether (sulfide) groups is 1. The van der Waals surface area contributed by atoms with Crippen molar-refractivity contribution in [3.05, 3.63) is 5.89 Å².